The van der Waals surface area contributed by atoms with Crippen LogP contribution < -0.4 is 9.47 Å². The first-order valence-corrected chi connectivity index (χ1v) is 14.4. The molecule has 6 nitrogen and oxygen atoms in total. The standard InChI is InChI=1S/C30H44F2O6/c1-3-5-27(31)29(33)37-25-11-7-21(8-12-25)19-35-23-15-17-24(18-16-23)36-20-22-9-13-26(14-10-22)38-30(34)28(32)6-4-2/h15-18,21-22,25-28H,3-14,19-20H2,1-2H3/t21?,22?,25?,26?,27-,28-/m0/s1. The minimum Gasteiger partial charge on any atom is -0.493 e. The Hall–Kier alpha value is -2.38. The van der Waals surface area contributed by atoms with E-state index < -0.39 is 24.3 Å². The van der Waals surface area contributed by atoms with Gasteiger partial charge in [-0.15, -0.1) is 0 Å². The van der Waals surface area contributed by atoms with Crippen LogP contribution in [0.2, 0.25) is 0 Å². The summed E-state index contributed by atoms with van der Waals surface area (Å²) in [6.07, 6.45) is 4.78. The van der Waals surface area contributed by atoms with Crippen LogP contribution in [0.25, 0.3) is 0 Å². The summed E-state index contributed by atoms with van der Waals surface area (Å²) in [5, 5.41) is 0. The third-order valence-corrected chi connectivity index (χ3v) is 7.54. The Morgan fingerprint density at radius 3 is 1.34 bits per heavy atom. The van der Waals surface area contributed by atoms with Crippen molar-refractivity contribution in [3.8, 4) is 11.5 Å². The van der Waals surface area contributed by atoms with Crippen molar-refractivity contribution in [3.63, 3.8) is 0 Å². The first-order valence-electron chi connectivity index (χ1n) is 14.4. The van der Waals surface area contributed by atoms with Crippen LogP contribution in [-0.4, -0.2) is 49.7 Å². The summed E-state index contributed by atoms with van der Waals surface area (Å²) in [6, 6.07) is 7.60. The molecule has 0 aromatic heterocycles. The minimum atomic E-state index is -1.51. The molecule has 1 aromatic carbocycles. The molecule has 0 radical (unpaired) electrons. The van der Waals surface area contributed by atoms with Gasteiger partial charge in [0.15, 0.2) is 12.3 Å². The molecule has 8 heteroatoms. The Morgan fingerprint density at radius 1 is 0.684 bits per heavy atom. The minimum absolute atomic E-state index is 0.191. The molecule has 0 heterocycles. The van der Waals surface area contributed by atoms with E-state index in [-0.39, 0.29) is 25.0 Å². The van der Waals surface area contributed by atoms with Gasteiger partial charge in [-0.25, -0.2) is 18.4 Å². The highest BCUT2D eigenvalue weighted by Crippen LogP contribution is 2.30. The van der Waals surface area contributed by atoms with Crippen LogP contribution in [0.1, 0.15) is 90.9 Å². The maximum absolute atomic E-state index is 13.7. The van der Waals surface area contributed by atoms with Gasteiger partial charge in [-0.2, -0.15) is 0 Å². The molecule has 2 aliphatic rings. The van der Waals surface area contributed by atoms with Gasteiger partial charge in [-0.1, -0.05) is 26.7 Å². The quantitative estimate of drug-likeness (QED) is 0.239. The van der Waals surface area contributed by atoms with E-state index in [2.05, 4.69) is 0 Å². The number of carbonyl (C=O) groups excluding carboxylic acids is 2. The van der Waals surface area contributed by atoms with E-state index in [1.54, 1.807) is 0 Å². The number of carbonyl (C=O) groups is 2. The molecule has 214 valence electrons. The van der Waals surface area contributed by atoms with E-state index >= 15 is 0 Å². The fraction of sp³-hybridized carbons (Fsp3) is 0.733. The largest absolute Gasteiger partial charge is 0.493 e. The van der Waals surface area contributed by atoms with Crippen LogP contribution in [0.4, 0.5) is 8.78 Å². The summed E-state index contributed by atoms with van der Waals surface area (Å²) in [6.45, 7) is 4.89. The second-order valence-electron chi connectivity index (χ2n) is 10.8. The highest BCUT2D eigenvalue weighted by molar-refractivity contribution is 5.75. The van der Waals surface area contributed by atoms with Gasteiger partial charge in [0.1, 0.15) is 23.7 Å². The van der Waals surface area contributed by atoms with Crippen molar-refractivity contribution in [2.45, 2.75) is 115 Å². The SMILES string of the molecule is CCC[C@H](F)C(=O)OC1CCC(COc2ccc(OCC3CCC(OC(=O)[C@@H](F)CCC)CC3)cc2)CC1. The molecule has 2 fully saturated rings. The Balaban J connectivity index is 1.28. The molecule has 38 heavy (non-hydrogen) atoms. The number of benzene rings is 1. The van der Waals surface area contributed by atoms with Gasteiger partial charge < -0.3 is 18.9 Å². The molecule has 3 rings (SSSR count). The highest BCUT2D eigenvalue weighted by atomic mass is 19.1. The average molecular weight is 539 g/mol. The lowest BCUT2D eigenvalue weighted by Gasteiger charge is -2.29. The van der Waals surface area contributed by atoms with E-state index in [1.165, 1.54) is 0 Å². The molecule has 0 saturated heterocycles. The van der Waals surface area contributed by atoms with E-state index in [4.69, 9.17) is 18.9 Å². The number of rotatable bonds is 14. The molecule has 2 aliphatic carbocycles. The predicted octanol–water partition coefficient (Wildman–Crippen LogP) is 6.92. The lowest BCUT2D eigenvalue weighted by atomic mass is 9.88. The van der Waals surface area contributed by atoms with Crippen LogP contribution in [0.15, 0.2) is 24.3 Å². The van der Waals surface area contributed by atoms with E-state index in [0.717, 1.165) is 62.9 Å². The van der Waals surface area contributed by atoms with E-state index in [1.807, 2.05) is 38.1 Å². The third-order valence-electron chi connectivity index (χ3n) is 7.54. The number of esters is 2. The zero-order valence-corrected chi connectivity index (χ0v) is 22.9. The van der Waals surface area contributed by atoms with E-state index in [9.17, 15) is 18.4 Å². The van der Waals surface area contributed by atoms with Crippen LogP contribution in [0.3, 0.4) is 0 Å². The second kappa shape index (κ2) is 15.9. The van der Waals surface area contributed by atoms with Gasteiger partial charge in [0.05, 0.1) is 13.2 Å². The zero-order chi connectivity index (χ0) is 27.3. The summed E-state index contributed by atoms with van der Waals surface area (Å²) >= 11 is 0. The molecule has 0 aliphatic heterocycles. The monoisotopic (exact) mass is 538 g/mol. The first kappa shape index (κ1) is 30.2. The lowest BCUT2D eigenvalue weighted by molar-refractivity contribution is -0.158. The normalized spacial score (nSPS) is 25.2. The molecular formula is C30H44F2O6. The topological polar surface area (TPSA) is 71.1 Å². The Bertz CT molecular complexity index is 763. The van der Waals surface area contributed by atoms with Crippen LogP contribution in [0.5, 0.6) is 11.5 Å². The predicted molar refractivity (Wildman–Crippen MR) is 141 cm³/mol. The van der Waals surface area contributed by atoms with Crippen molar-refractivity contribution in [3.05, 3.63) is 24.3 Å². The summed E-state index contributed by atoms with van der Waals surface area (Å²) in [5.74, 6) is 0.885. The number of hydrogen-bond donors (Lipinski definition) is 0. The van der Waals surface area contributed by atoms with Gasteiger partial charge in [-0.3, -0.25) is 0 Å². The number of hydrogen-bond acceptors (Lipinski definition) is 6. The van der Waals surface area contributed by atoms with Crippen molar-refractivity contribution in [2.24, 2.45) is 11.8 Å². The van der Waals surface area contributed by atoms with Crippen molar-refractivity contribution in [2.75, 3.05) is 13.2 Å². The van der Waals surface area contributed by atoms with Crippen molar-refractivity contribution >= 4 is 11.9 Å². The number of ether oxygens (including phenoxy) is 4. The Morgan fingerprint density at radius 2 is 1.03 bits per heavy atom. The Kier molecular flexibility index (Phi) is 12.6. The number of halogens is 2. The van der Waals surface area contributed by atoms with Gasteiger partial charge in [0.2, 0.25) is 0 Å². The maximum Gasteiger partial charge on any atom is 0.340 e. The summed E-state index contributed by atoms with van der Waals surface area (Å²) < 4.78 is 49.9. The summed E-state index contributed by atoms with van der Waals surface area (Å²) in [7, 11) is 0. The molecule has 2 saturated carbocycles. The molecular weight excluding hydrogens is 494 g/mol. The van der Waals surface area contributed by atoms with Crippen LogP contribution in [0, 0.1) is 11.8 Å². The molecule has 1 aromatic rings. The maximum atomic E-state index is 13.7. The smallest absolute Gasteiger partial charge is 0.340 e. The molecule has 0 N–H and O–H groups in total. The highest BCUT2D eigenvalue weighted by Gasteiger charge is 2.28. The molecule has 0 spiro atoms. The zero-order valence-electron chi connectivity index (χ0n) is 22.9. The number of alkyl halides is 2. The molecule has 2 atom stereocenters. The fourth-order valence-corrected chi connectivity index (χ4v) is 5.11. The molecule has 0 unspecified atom stereocenters. The molecule has 0 bridgehead atoms. The fourth-order valence-electron chi connectivity index (χ4n) is 5.11. The van der Waals surface area contributed by atoms with E-state index in [0.29, 0.717) is 37.9 Å². The van der Waals surface area contributed by atoms with Crippen LogP contribution >= 0.6 is 0 Å². The van der Waals surface area contributed by atoms with Gasteiger partial charge in [0.25, 0.3) is 0 Å². The van der Waals surface area contributed by atoms with Gasteiger partial charge >= 0.3 is 11.9 Å². The van der Waals surface area contributed by atoms with Crippen LogP contribution in [-0.2, 0) is 19.1 Å². The Labute approximate surface area is 225 Å². The lowest BCUT2D eigenvalue weighted by Crippen LogP contribution is -2.30. The average Bonchev–Trinajstić information content (AvgIpc) is 2.93. The van der Waals surface area contributed by atoms with Gasteiger partial charge in [-0.05, 0) is 100 Å². The third kappa shape index (κ3) is 10.1. The van der Waals surface area contributed by atoms with Crippen molar-refractivity contribution < 1.29 is 37.3 Å². The first-order chi connectivity index (χ1) is 18.4. The van der Waals surface area contributed by atoms with Crippen molar-refractivity contribution in [1.29, 1.82) is 0 Å². The molecule has 0 amide bonds. The summed E-state index contributed by atoms with van der Waals surface area (Å²) in [4.78, 5) is 23.6. The van der Waals surface area contributed by atoms with Crippen molar-refractivity contribution in [1.82, 2.24) is 0 Å². The second-order valence-corrected chi connectivity index (χ2v) is 10.8. The van der Waals surface area contributed by atoms with Gasteiger partial charge in [0, 0.05) is 0 Å². The summed E-state index contributed by atoms with van der Waals surface area (Å²) in [5.41, 5.74) is 0.